The molecular weight excluding hydrogens is 383 g/mol. The SMILES string of the molecule is CC(C)NC(=O)COc1ccc2c(c1)[C@H](c1cccc(F)c1)N(C(=O)C(C)C)CC2. The van der Waals surface area contributed by atoms with Crippen molar-refractivity contribution < 1.29 is 18.7 Å². The van der Waals surface area contributed by atoms with E-state index < -0.39 is 6.04 Å². The summed E-state index contributed by atoms with van der Waals surface area (Å²) in [4.78, 5) is 26.7. The monoisotopic (exact) mass is 412 g/mol. The summed E-state index contributed by atoms with van der Waals surface area (Å²) in [6.45, 7) is 8.00. The van der Waals surface area contributed by atoms with E-state index in [0.29, 0.717) is 18.7 Å². The maximum atomic E-state index is 14.0. The lowest BCUT2D eigenvalue weighted by Gasteiger charge is -2.39. The van der Waals surface area contributed by atoms with Gasteiger partial charge >= 0.3 is 0 Å². The van der Waals surface area contributed by atoms with Crippen LogP contribution < -0.4 is 10.1 Å². The summed E-state index contributed by atoms with van der Waals surface area (Å²) in [5.41, 5.74) is 2.72. The fourth-order valence-electron chi connectivity index (χ4n) is 3.80. The van der Waals surface area contributed by atoms with Crippen LogP contribution in [-0.4, -0.2) is 35.9 Å². The molecule has 1 atom stereocenters. The molecule has 0 spiro atoms. The molecule has 0 bridgehead atoms. The first-order valence-corrected chi connectivity index (χ1v) is 10.4. The highest BCUT2D eigenvalue weighted by Crippen LogP contribution is 2.38. The molecule has 1 heterocycles. The fraction of sp³-hybridized carbons (Fsp3) is 0.417. The number of hydrogen-bond donors (Lipinski definition) is 1. The van der Waals surface area contributed by atoms with Gasteiger partial charge in [0.15, 0.2) is 6.61 Å². The molecule has 5 nitrogen and oxygen atoms in total. The van der Waals surface area contributed by atoms with E-state index in [-0.39, 0.29) is 36.2 Å². The average Bonchev–Trinajstić information content (AvgIpc) is 2.70. The molecule has 0 saturated carbocycles. The van der Waals surface area contributed by atoms with Gasteiger partial charge in [0.1, 0.15) is 11.6 Å². The van der Waals surface area contributed by atoms with Crippen molar-refractivity contribution in [2.45, 2.75) is 46.2 Å². The molecule has 6 heteroatoms. The van der Waals surface area contributed by atoms with E-state index >= 15 is 0 Å². The number of nitrogens with zero attached hydrogens (tertiary/aromatic N) is 1. The molecule has 2 aromatic rings. The lowest BCUT2D eigenvalue weighted by Crippen LogP contribution is -2.42. The molecule has 0 aromatic heterocycles. The quantitative estimate of drug-likeness (QED) is 0.784. The van der Waals surface area contributed by atoms with Crippen molar-refractivity contribution >= 4 is 11.8 Å². The number of halogens is 1. The van der Waals surface area contributed by atoms with E-state index in [0.717, 1.165) is 16.7 Å². The van der Waals surface area contributed by atoms with Crippen LogP contribution in [-0.2, 0) is 16.0 Å². The Balaban J connectivity index is 1.95. The maximum absolute atomic E-state index is 14.0. The third-order valence-corrected chi connectivity index (χ3v) is 5.11. The molecule has 30 heavy (non-hydrogen) atoms. The summed E-state index contributed by atoms with van der Waals surface area (Å²) in [5, 5.41) is 2.79. The number of carbonyl (C=O) groups excluding carboxylic acids is 2. The second kappa shape index (κ2) is 9.28. The van der Waals surface area contributed by atoms with Crippen LogP contribution in [0.1, 0.15) is 50.4 Å². The normalized spacial score (nSPS) is 15.8. The Morgan fingerprint density at radius 1 is 1.17 bits per heavy atom. The van der Waals surface area contributed by atoms with Crippen LogP contribution in [0.4, 0.5) is 4.39 Å². The first-order chi connectivity index (χ1) is 14.3. The molecule has 3 rings (SSSR count). The van der Waals surface area contributed by atoms with Gasteiger partial charge < -0.3 is 15.0 Å². The molecular formula is C24H29FN2O3. The van der Waals surface area contributed by atoms with Crippen LogP contribution in [0.3, 0.4) is 0 Å². The van der Waals surface area contributed by atoms with Crippen molar-refractivity contribution in [1.29, 1.82) is 0 Å². The smallest absolute Gasteiger partial charge is 0.258 e. The highest BCUT2D eigenvalue weighted by atomic mass is 19.1. The Morgan fingerprint density at radius 2 is 1.93 bits per heavy atom. The maximum Gasteiger partial charge on any atom is 0.258 e. The molecule has 2 amide bonds. The van der Waals surface area contributed by atoms with Gasteiger partial charge in [-0.15, -0.1) is 0 Å². The Hall–Kier alpha value is -2.89. The molecule has 0 radical (unpaired) electrons. The largest absolute Gasteiger partial charge is 0.484 e. The molecule has 2 aromatic carbocycles. The number of fused-ring (bicyclic) bond motifs is 1. The number of amides is 2. The number of rotatable bonds is 6. The standard InChI is InChI=1S/C24H29FN2O3/c1-15(2)24(29)27-11-10-17-8-9-20(30-14-22(28)26-16(3)4)13-21(17)23(27)18-6-5-7-19(25)12-18/h5-9,12-13,15-16,23H,10-11,14H2,1-4H3,(H,26,28)/t23-/m0/s1. The first kappa shape index (κ1) is 21.8. The average molecular weight is 413 g/mol. The van der Waals surface area contributed by atoms with Crippen molar-refractivity contribution in [3.8, 4) is 5.75 Å². The predicted molar refractivity (Wildman–Crippen MR) is 114 cm³/mol. The number of hydrogen-bond acceptors (Lipinski definition) is 3. The second-order valence-corrected chi connectivity index (χ2v) is 8.27. The summed E-state index contributed by atoms with van der Waals surface area (Å²) in [5.74, 6) is -0.123. The lowest BCUT2D eigenvalue weighted by molar-refractivity contribution is -0.136. The third kappa shape index (κ3) is 4.99. The van der Waals surface area contributed by atoms with Gasteiger partial charge in [0.05, 0.1) is 6.04 Å². The number of benzene rings is 2. The van der Waals surface area contributed by atoms with Gasteiger partial charge in [-0.1, -0.05) is 32.0 Å². The van der Waals surface area contributed by atoms with Crippen molar-refractivity contribution in [2.75, 3.05) is 13.2 Å². The van der Waals surface area contributed by atoms with E-state index in [2.05, 4.69) is 5.32 Å². The number of carbonyl (C=O) groups is 2. The van der Waals surface area contributed by atoms with Gasteiger partial charge in [-0.2, -0.15) is 0 Å². The summed E-state index contributed by atoms with van der Waals surface area (Å²) >= 11 is 0. The summed E-state index contributed by atoms with van der Waals surface area (Å²) in [6, 6.07) is 11.7. The van der Waals surface area contributed by atoms with Gasteiger partial charge in [-0.25, -0.2) is 4.39 Å². The van der Waals surface area contributed by atoms with Gasteiger partial charge in [0, 0.05) is 18.5 Å². The second-order valence-electron chi connectivity index (χ2n) is 8.27. The van der Waals surface area contributed by atoms with Crippen LogP contribution in [0.15, 0.2) is 42.5 Å². The Labute approximate surface area is 177 Å². The van der Waals surface area contributed by atoms with Crippen LogP contribution in [0.25, 0.3) is 0 Å². The third-order valence-electron chi connectivity index (χ3n) is 5.11. The van der Waals surface area contributed by atoms with Gasteiger partial charge in [-0.05, 0) is 61.2 Å². The van der Waals surface area contributed by atoms with E-state index in [4.69, 9.17) is 4.74 Å². The van der Waals surface area contributed by atoms with Crippen molar-refractivity contribution in [3.63, 3.8) is 0 Å². The molecule has 0 aliphatic carbocycles. The van der Waals surface area contributed by atoms with E-state index in [1.165, 1.54) is 12.1 Å². The Morgan fingerprint density at radius 3 is 2.60 bits per heavy atom. The fourth-order valence-corrected chi connectivity index (χ4v) is 3.80. The zero-order valence-corrected chi connectivity index (χ0v) is 17.9. The first-order valence-electron chi connectivity index (χ1n) is 10.4. The number of nitrogens with one attached hydrogen (secondary N) is 1. The topological polar surface area (TPSA) is 58.6 Å². The summed E-state index contributed by atoms with van der Waals surface area (Å²) in [7, 11) is 0. The van der Waals surface area contributed by atoms with Crippen LogP contribution in [0, 0.1) is 11.7 Å². The van der Waals surface area contributed by atoms with E-state index in [9.17, 15) is 14.0 Å². The van der Waals surface area contributed by atoms with Crippen molar-refractivity contribution in [2.24, 2.45) is 5.92 Å². The van der Waals surface area contributed by atoms with Gasteiger partial charge in [-0.3, -0.25) is 9.59 Å². The predicted octanol–water partition coefficient (Wildman–Crippen LogP) is 3.86. The van der Waals surface area contributed by atoms with Gasteiger partial charge in [0.25, 0.3) is 5.91 Å². The highest BCUT2D eigenvalue weighted by molar-refractivity contribution is 5.80. The minimum Gasteiger partial charge on any atom is -0.484 e. The zero-order valence-electron chi connectivity index (χ0n) is 17.9. The molecule has 1 aliphatic rings. The summed E-state index contributed by atoms with van der Waals surface area (Å²) in [6.07, 6.45) is 0.716. The van der Waals surface area contributed by atoms with Crippen LogP contribution >= 0.6 is 0 Å². The molecule has 0 saturated heterocycles. The molecule has 1 aliphatic heterocycles. The van der Waals surface area contributed by atoms with E-state index in [1.807, 2.05) is 56.9 Å². The Kier molecular flexibility index (Phi) is 6.75. The molecule has 160 valence electrons. The zero-order chi connectivity index (χ0) is 21.8. The van der Waals surface area contributed by atoms with Crippen LogP contribution in [0.2, 0.25) is 0 Å². The van der Waals surface area contributed by atoms with E-state index in [1.54, 1.807) is 6.07 Å². The van der Waals surface area contributed by atoms with Crippen molar-refractivity contribution in [3.05, 3.63) is 65.0 Å². The van der Waals surface area contributed by atoms with Crippen molar-refractivity contribution in [1.82, 2.24) is 10.2 Å². The molecule has 0 fully saturated rings. The van der Waals surface area contributed by atoms with Gasteiger partial charge in [0.2, 0.25) is 5.91 Å². The summed E-state index contributed by atoms with van der Waals surface area (Å²) < 4.78 is 19.7. The minimum atomic E-state index is -0.396. The highest BCUT2D eigenvalue weighted by Gasteiger charge is 2.33. The Bertz CT molecular complexity index is 926. The molecule has 1 N–H and O–H groups in total. The minimum absolute atomic E-state index is 0.0255. The van der Waals surface area contributed by atoms with Crippen LogP contribution in [0.5, 0.6) is 5.75 Å². The molecule has 0 unspecified atom stereocenters. The number of ether oxygens (including phenoxy) is 1. The lowest BCUT2D eigenvalue weighted by atomic mass is 9.87.